The van der Waals surface area contributed by atoms with Crippen LogP contribution in [0.25, 0.3) is 0 Å². The molecular formula is C10H6F5N. The molecule has 1 nitrogen and oxygen atoms in total. The number of benzene rings is 1. The summed E-state index contributed by atoms with van der Waals surface area (Å²) in [5.41, 5.74) is -3.11. The highest BCUT2D eigenvalue weighted by Gasteiger charge is 2.38. The van der Waals surface area contributed by atoms with Gasteiger partial charge in [0.05, 0.1) is 5.56 Å². The number of hydrogen-bond acceptors (Lipinski definition) is 1. The molecule has 6 heteroatoms. The highest BCUT2D eigenvalue weighted by Crippen LogP contribution is 2.36. The number of hydrogen-bond donors (Lipinski definition) is 0. The highest BCUT2D eigenvalue weighted by atomic mass is 19.4. The van der Waals surface area contributed by atoms with E-state index in [4.69, 9.17) is 5.26 Å². The van der Waals surface area contributed by atoms with E-state index < -0.39 is 34.5 Å². The number of aryl methyl sites for hydroxylation is 1. The SMILES string of the molecule is CCc1cc(F)c(F)c(C#N)c1C(F)(F)F. The average molecular weight is 235 g/mol. The molecule has 0 aliphatic carbocycles. The molecule has 0 aliphatic rings. The first-order valence-corrected chi connectivity index (χ1v) is 4.31. The molecule has 0 saturated carbocycles. The van der Waals surface area contributed by atoms with Gasteiger partial charge in [0.15, 0.2) is 11.6 Å². The van der Waals surface area contributed by atoms with Crippen molar-refractivity contribution >= 4 is 0 Å². The summed E-state index contributed by atoms with van der Waals surface area (Å²) < 4.78 is 63.6. The molecule has 0 aromatic heterocycles. The molecule has 0 N–H and O–H groups in total. The van der Waals surface area contributed by atoms with Gasteiger partial charge in [-0.3, -0.25) is 0 Å². The van der Waals surface area contributed by atoms with Crippen molar-refractivity contribution in [1.29, 1.82) is 5.26 Å². The van der Waals surface area contributed by atoms with Crippen molar-refractivity contribution in [2.45, 2.75) is 19.5 Å². The number of halogens is 5. The molecule has 0 aliphatic heterocycles. The Kier molecular flexibility index (Phi) is 3.17. The number of nitrogens with zero attached hydrogens (tertiary/aromatic N) is 1. The molecule has 0 heterocycles. The predicted octanol–water partition coefficient (Wildman–Crippen LogP) is 3.42. The minimum atomic E-state index is -4.87. The second-order valence-electron chi connectivity index (χ2n) is 3.04. The van der Waals surface area contributed by atoms with Crippen molar-refractivity contribution in [1.82, 2.24) is 0 Å². The van der Waals surface area contributed by atoms with Crippen LogP contribution < -0.4 is 0 Å². The van der Waals surface area contributed by atoms with Crippen molar-refractivity contribution in [2.24, 2.45) is 0 Å². The normalized spacial score (nSPS) is 11.3. The lowest BCUT2D eigenvalue weighted by molar-refractivity contribution is -0.138. The molecule has 16 heavy (non-hydrogen) atoms. The standard InChI is InChI=1S/C10H6F5N/c1-2-5-3-7(11)9(12)6(4-16)8(5)10(13,14)15/h3H,2H2,1H3. The van der Waals surface area contributed by atoms with Crippen molar-refractivity contribution < 1.29 is 22.0 Å². The molecule has 86 valence electrons. The number of rotatable bonds is 1. The molecule has 1 aromatic rings. The lowest BCUT2D eigenvalue weighted by atomic mass is 9.98. The Morgan fingerprint density at radius 2 is 1.88 bits per heavy atom. The van der Waals surface area contributed by atoms with Gasteiger partial charge in [0.1, 0.15) is 11.6 Å². The number of alkyl halides is 3. The second kappa shape index (κ2) is 4.08. The monoisotopic (exact) mass is 235 g/mol. The van der Waals surface area contributed by atoms with Crippen LogP contribution in [-0.2, 0) is 12.6 Å². The van der Waals surface area contributed by atoms with Gasteiger partial charge >= 0.3 is 6.18 Å². The summed E-state index contributed by atoms with van der Waals surface area (Å²) in [5, 5.41) is 8.45. The fraction of sp³-hybridized carbons (Fsp3) is 0.300. The smallest absolute Gasteiger partial charge is 0.204 e. The predicted molar refractivity (Wildman–Crippen MR) is 45.5 cm³/mol. The van der Waals surface area contributed by atoms with E-state index in [2.05, 4.69) is 0 Å². The Balaban J connectivity index is 3.69. The van der Waals surface area contributed by atoms with Crippen LogP contribution in [-0.4, -0.2) is 0 Å². The van der Waals surface area contributed by atoms with E-state index in [-0.39, 0.29) is 6.42 Å². The van der Waals surface area contributed by atoms with Gasteiger partial charge in [-0.05, 0) is 18.1 Å². The van der Waals surface area contributed by atoms with E-state index in [0.29, 0.717) is 6.07 Å². The van der Waals surface area contributed by atoms with Crippen molar-refractivity contribution in [2.75, 3.05) is 0 Å². The van der Waals surface area contributed by atoms with E-state index in [1.807, 2.05) is 0 Å². The van der Waals surface area contributed by atoms with E-state index in [1.165, 1.54) is 6.92 Å². The molecule has 0 unspecified atom stereocenters. The van der Waals surface area contributed by atoms with Gasteiger partial charge < -0.3 is 0 Å². The summed E-state index contributed by atoms with van der Waals surface area (Å²) >= 11 is 0. The fourth-order valence-corrected chi connectivity index (χ4v) is 1.39. The molecule has 0 fully saturated rings. The Morgan fingerprint density at radius 3 is 2.25 bits per heavy atom. The molecule has 1 rings (SSSR count). The van der Waals surface area contributed by atoms with E-state index in [0.717, 1.165) is 6.07 Å². The Hall–Kier alpha value is -1.64. The van der Waals surface area contributed by atoms with Gasteiger partial charge in [-0.25, -0.2) is 8.78 Å². The van der Waals surface area contributed by atoms with E-state index in [1.54, 1.807) is 0 Å². The van der Waals surface area contributed by atoms with E-state index >= 15 is 0 Å². The molecule has 0 atom stereocenters. The molecule has 1 aromatic carbocycles. The summed E-state index contributed by atoms with van der Waals surface area (Å²) in [7, 11) is 0. The zero-order chi connectivity index (χ0) is 12.5. The summed E-state index contributed by atoms with van der Waals surface area (Å²) in [4.78, 5) is 0. The zero-order valence-electron chi connectivity index (χ0n) is 8.12. The summed E-state index contributed by atoms with van der Waals surface area (Å²) in [6.07, 6.45) is -5.01. The Labute approximate surface area is 88.1 Å². The van der Waals surface area contributed by atoms with Crippen molar-refractivity contribution in [3.8, 4) is 6.07 Å². The Bertz CT molecular complexity index is 456. The van der Waals surface area contributed by atoms with Gasteiger partial charge in [0.2, 0.25) is 0 Å². The van der Waals surface area contributed by atoms with Crippen LogP contribution in [0.3, 0.4) is 0 Å². The molecule has 0 spiro atoms. The van der Waals surface area contributed by atoms with Gasteiger partial charge in [0, 0.05) is 0 Å². The lowest BCUT2D eigenvalue weighted by Gasteiger charge is -2.14. The van der Waals surface area contributed by atoms with Gasteiger partial charge in [0.25, 0.3) is 0 Å². The highest BCUT2D eigenvalue weighted by molar-refractivity contribution is 5.46. The largest absolute Gasteiger partial charge is 0.418 e. The van der Waals surface area contributed by atoms with Gasteiger partial charge in [-0.1, -0.05) is 6.92 Å². The second-order valence-corrected chi connectivity index (χ2v) is 3.04. The van der Waals surface area contributed by atoms with Crippen molar-refractivity contribution in [3.05, 3.63) is 34.4 Å². The minimum absolute atomic E-state index is 0.138. The van der Waals surface area contributed by atoms with Crippen LogP contribution in [0.2, 0.25) is 0 Å². The summed E-state index contributed by atoms with van der Waals surface area (Å²) in [6.45, 7) is 1.36. The van der Waals surface area contributed by atoms with Gasteiger partial charge in [-0.2, -0.15) is 18.4 Å². The first-order chi connectivity index (χ1) is 7.32. The number of nitriles is 1. The van der Waals surface area contributed by atoms with Crippen molar-refractivity contribution in [3.63, 3.8) is 0 Å². The quantitative estimate of drug-likeness (QED) is 0.684. The molecule has 0 amide bonds. The molecular weight excluding hydrogens is 229 g/mol. The van der Waals surface area contributed by atoms with E-state index in [9.17, 15) is 22.0 Å². The van der Waals surface area contributed by atoms with Crippen LogP contribution in [0, 0.1) is 23.0 Å². The molecule has 0 radical (unpaired) electrons. The first kappa shape index (κ1) is 12.4. The topological polar surface area (TPSA) is 23.8 Å². The maximum Gasteiger partial charge on any atom is 0.418 e. The lowest BCUT2D eigenvalue weighted by Crippen LogP contribution is -2.14. The van der Waals surface area contributed by atoms with Crippen LogP contribution in [0.15, 0.2) is 6.07 Å². The van der Waals surface area contributed by atoms with Crippen LogP contribution in [0.5, 0.6) is 0 Å². The maximum atomic E-state index is 13.0. The van der Waals surface area contributed by atoms with Crippen LogP contribution >= 0.6 is 0 Å². The fourth-order valence-electron chi connectivity index (χ4n) is 1.39. The minimum Gasteiger partial charge on any atom is -0.204 e. The Morgan fingerprint density at radius 1 is 1.31 bits per heavy atom. The zero-order valence-corrected chi connectivity index (χ0v) is 8.12. The summed E-state index contributed by atoms with van der Waals surface area (Å²) in [6, 6.07) is 1.52. The average Bonchev–Trinajstić information content (AvgIpc) is 2.19. The van der Waals surface area contributed by atoms with Crippen LogP contribution in [0.4, 0.5) is 22.0 Å². The molecule has 0 saturated heterocycles. The molecule has 0 bridgehead atoms. The third kappa shape index (κ3) is 1.98. The van der Waals surface area contributed by atoms with Gasteiger partial charge in [-0.15, -0.1) is 0 Å². The third-order valence-electron chi connectivity index (χ3n) is 2.08. The van der Waals surface area contributed by atoms with Crippen LogP contribution in [0.1, 0.15) is 23.6 Å². The maximum absolute atomic E-state index is 13.0. The first-order valence-electron chi connectivity index (χ1n) is 4.31. The third-order valence-corrected chi connectivity index (χ3v) is 2.08. The summed E-state index contributed by atoms with van der Waals surface area (Å²) in [5.74, 6) is -3.20.